The van der Waals surface area contributed by atoms with Gasteiger partial charge in [0.05, 0.1) is 11.6 Å². The molecular formula is C18H17NOS. The topological polar surface area (TPSA) is 33.1 Å². The van der Waals surface area contributed by atoms with Crippen molar-refractivity contribution in [1.29, 1.82) is 0 Å². The minimum absolute atomic E-state index is 0.211. The smallest absolute Gasteiger partial charge is 0.0873 e. The maximum Gasteiger partial charge on any atom is 0.0873 e. The van der Waals surface area contributed by atoms with Crippen LogP contribution in [-0.2, 0) is 6.42 Å². The third kappa shape index (κ3) is 2.27. The number of hydrogen-bond acceptors (Lipinski definition) is 3. The van der Waals surface area contributed by atoms with Crippen LogP contribution in [0.5, 0.6) is 0 Å². The Labute approximate surface area is 128 Å². The molecule has 2 heterocycles. The highest BCUT2D eigenvalue weighted by Gasteiger charge is 2.28. The molecule has 0 fully saturated rings. The van der Waals surface area contributed by atoms with Crippen LogP contribution in [0.25, 0.3) is 10.9 Å². The van der Waals surface area contributed by atoms with Gasteiger partial charge in [-0.25, -0.2) is 0 Å². The van der Waals surface area contributed by atoms with Crippen molar-refractivity contribution in [2.45, 2.75) is 31.3 Å². The van der Waals surface area contributed by atoms with E-state index in [2.05, 4.69) is 28.6 Å². The first-order valence-corrected chi connectivity index (χ1v) is 8.30. The van der Waals surface area contributed by atoms with Crippen LogP contribution in [0.2, 0.25) is 0 Å². The lowest BCUT2D eigenvalue weighted by Gasteiger charge is -2.27. The van der Waals surface area contributed by atoms with Gasteiger partial charge in [0, 0.05) is 27.9 Å². The standard InChI is InChI=1S/C18H17NOS/c20-18(15-5-3-7-17-14(15)8-9-21-17)13-10-12-4-1-2-6-16(12)19-11-13/h1-2,4,6,8-11,15,18,20H,3,5,7H2. The number of aliphatic hydroxyl groups excluding tert-OH is 1. The number of para-hydroxylation sites is 1. The molecule has 2 atom stereocenters. The molecule has 0 saturated carbocycles. The second-order valence-electron chi connectivity index (χ2n) is 5.70. The molecule has 0 saturated heterocycles. The Hall–Kier alpha value is -1.71. The number of hydrogen-bond donors (Lipinski definition) is 1. The van der Waals surface area contributed by atoms with E-state index in [1.807, 2.05) is 35.7 Å². The zero-order valence-electron chi connectivity index (χ0n) is 11.7. The summed E-state index contributed by atoms with van der Waals surface area (Å²) < 4.78 is 0. The Kier molecular flexibility index (Phi) is 3.24. The summed E-state index contributed by atoms with van der Waals surface area (Å²) >= 11 is 1.82. The molecule has 106 valence electrons. The van der Waals surface area contributed by atoms with Crippen LogP contribution in [0, 0.1) is 0 Å². The Bertz CT molecular complexity index is 779. The second kappa shape index (κ2) is 5.24. The van der Waals surface area contributed by atoms with E-state index in [4.69, 9.17) is 0 Å². The molecule has 1 aliphatic carbocycles. The zero-order chi connectivity index (χ0) is 14.2. The normalized spacial score (nSPS) is 19.4. The largest absolute Gasteiger partial charge is 0.388 e. The van der Waals surface area contributed by atoms with Gasteiger partial charge >= 0.3 is 0 Å². The molecule has 3 aromatic rings. The molecule has 2 nitrogen and oxygen atoms in total. The molecule has 0 aliphatic heterocycles. The maximum absolute atomic E-state index is 10.8. The van der Waals surface area contributed by atoms with Gasteiger partial charge in [0.1, 0.15) is 0 Å². The first-order chi connectivity index (χ1) is 10.3. The summed E-state index contributed by atoms with van der Waals surface area (Å²) in [5.41, 5.74) is 3.25. The molecule has 2 unspecified atom stereocenters. The lowest BCUT2D eigenvalue weighted by molar-refractivity contribution is 0.136. The van der Waals surface area contributed by atoms with E-state index in [9.17, 15) is 5.11 Å². The number of aliphatic hydroxyl groups is 1. The highest BCUT2D eigenvalue weighted by Crippen LogP contribution is 2.42. The Morgan fingerprint density at radius 3 is 3.10 bits per heavy atom. The van der Waals surface area contributed by atoms with Gasteiger partial charge in [-0.2, -0.15) is 0 Å². The Balaban J connectivity index is 1.72. The third-order valence-corrected chi connectivity index (χ3v) is 5.43. The lowest BCUT2D eigenvalue weighted by Crippen LogP contribution is -2.15. The number of nitrogens with zero attached hydrogens (tertiary/aromatic N) is 1. The lowest BCUT2D eigenvalue weighted by atomic mass is 9.81. The van der Waals surface area contributed by atoms with Crippen LogP contribution in [0.4, 0.5) is 0 Å². The first-order valence-electron chi connectivity index (χ1n) is 7.42. The molecule has 0 radical (unpaired) electrons. The van der Waals surface area contributed by atoms with Crippen LogP contribution >= 0.6 is 11.3 Å². The highest BCUT2D eigenvalue weighted by atomic mass is 32.1. The predicted molar refractivity (Wildman–Crippen MR) is 86.7 cm³/mol. The van der Waals surface area contributed by atoms with Gasteiger partial charge in [-0.1, -0.05) is 18.2 Å². The summed E-state index contributed by atoms with van der Waals surface area (Å²) in [5, 5.41) is 14.1. The molecule has 3 heteroatoms. The summed E-state index contributed by atoms with van der Waals surface area (Å²) in [5.74, 6) is 0.211. The van der Waals surface area contributed by atoms with Crippen LogP contribution in [-0.4, -0.2) is 10.1 Å². The summed E-state index contributed by atoms with van der Waals surface area (Å²) in [6.07, 6.45) is 4.74. The highest BCUT2D eigenvalue weighted by molar-refractivity contribution is 7.10. The van der Waals surface area contributed by atoms with Crippen molar-refractivity contribution in [3.8, 4) is 0 Å². The number of pyridine rings is 1. The molecule has 1 aliphatic rings. The van der Waals surface area contributed by atoms with Gasteiger partial charge in [-0.3, -0.25) is 4.98 Å². The number of rotatable bonds is 2. The minimum atomic E-state index is -0.462. The molecule has 2 aromatic heterocycles. The summed E-state index contributed by atoms with van der Waals surface area (Å²) in [7, 11) is 0. The summed E-state index contributed by atoms with van der Waals surface area (Å²) in [6, 6.07) is 12.3. The minimum Gasteiger partial charge on any atom is -0.388 e. The second-order valence-corrected chi connectivity index (χ2v) is 6.70. The molecule has 0 amide bonds. The van der Waals surface area contributed by atoms with E-state index in [1.54, 1.807) is 0 Å². The van der Waals surface area contributed by atoms with Crippen molar-refractivity contribution in [2.24, 2.45) is 0 Å². The van der Waals surface area contributed by atoms with Gasteiger partial charge < -0.3 is 5.11 Å². The number of thiophene rings is 1. The zero-order valence-corrected chi connectivity index (χ0v) is 12.5. The Morgan fingerprint density at radius 1 is 1.24 bits per heavy atom. The average molecular weight is 295 g/mol. The van der Waals surface area contributed by atoms with E-state index >= 15 is 0 Å². The molecule has 1 N–H and O–H groups in total. The molecular weight excluding hydrogens is 278 g/mol. The molecule has 0 spiro atoms. The van der Waals surface area contributed by atoms with Gasteiger partial charge in [-0.15, -0.1) is 11.3 Å². The van der Waals surface area contributed by atoms with Crippen LogP contribution < -0.4 is 0 Å². The van der Waals surface area contributed by atoms with Crippen LogP contribution in [0.3, 0.4) is 0 Å². The quantitative estimate of drug-likeness (QED) is 0.757. The van der Waals surface area contributed by atoms with Crippen molar-refractivity contribution >= 4 is 22.2 Å². The SMILES string of the molecule is OC(c1cnc2ccccc2c1)C1CCCc2sccc21. The monoisotopic (exact) mass is 295 g/mol. The van der Waals surface area contributed by atoms with Gasteiger partial charge in [0.15, 0.2) is 0 Å². The number of aryl methyl sites for hydroxylation is 1. The van der Waals surface area contributed by atoms with E-state index in [1.165, 1.54) is 10.4 Å². The van der Waals surface area contributed by atoms with E-state index in [0.717, 1.165) is 35.7 Å². The fourth-order valence-electron chi connectivity index (χ4n) is 3.33. The fraction of sp³-hybridized carbons (Fsp3) is 0.278. The molecule has 1 aromatic carbocycles. The first kappa shape index (κ1) is 13.0. The van der Waals surface area contributed by atoms with Gasteiger partial charge in [0.25, 0.3) is 0 Å². The molecule has 21 heavy (non-hydrogen) atoms. The van der Waals surface area contributed by atoms with Crippen molar-refractivity contribution < 1.29 is 5.11 Å². The van der Waals surface area contributed by atoms with E-state index < -0.39 is 6.10 Å². The van der Waals surface area contributed by atoms with Crippen molar-refractivity contribution in [1.82, 2.24) is 4.98 Å². The number of benzene rings is 1. The number of aromatic nitrogens is 1. The van der Waals surface area contributed by atoms with Gasteiger partial charge in [-0.05, 0) is 48.4 Å². The number of fused-ring (bicyclic) bond motifs is 2. The predicted octanol–water partition coefficient (Wildman–Crippen LogP) is 4.45. The summed E-state index contributed by atoms with van der Waals surface area (Å²) in [4.78, 5) is 5.93. The van der Waals surface area contributed by atoms with Crippen molar-refractivity contribution in [2.75, 3.05) is 0 Å². The summed E-state index contributed by atoms with van der Waals surface area (Å²) in [6.45, 7) is 0. The molecule has 4 rings (SSSR count). The van der Waals surface area contributed by atoms with Crippen LogP contribution in [0.15, 0.2) is 48.0 Å². The van der Waals surface area contributed by atoms with Crippen molar-refractivity contribution in [3.05, 3.63) is 64.0 Å². The molecule has 0 bridgehead atoms. The van der Waals surface area contributed by atoms with Gasteiger partial charge in [0.2, 0.25) is 0 Å². The fourth-order valence-corrected chi connectivity index (χ4v) is 4.33. The van der Waals surface area contributed by atoms with Crippen molar-refractivity contribution in [3.63, 3.8) is 0 Å². The van der Waals surface area contributed by atoms with E-state index in [0.29, 0.717) is 0 Å². The van der Waals surface area contributed by atoms with E-state index in [-0.39, 0.29) is 5.92 Å². The third-order valence-electron chi connectivity index (χ3n) is 4.43. The maximum atomic E-state index is 10.8. The average Bonchev–Trinajstić information content (AvgIpc) is 3.02. The Morgan fingerprint density at radius 2 is 2.14 bits per heavy atom. The van der Waals surface area contributed by atoms with Crippen LogP contribution in [0.1, 0.15) is 40.9 Å².